The van der Waals surface area contributed by atoms with E-state index >= 15 is 0 Å². The minimum absolute atomic E-state index is 0.0409. The van der Waals surface area contributed by atoms with Crippen molar-refractivity contribution in [3.05, 3.63) is 29.6 Å². The van der Waals surface area contributed by atoms with Crippen molar-refractivity contribution in [3.8, 4) is 0 Å². The lowest BCUT2D eigenvalue weighted by Gasteiger charge is -2.25. The molecule has 1 rings (SSSR count). The fourth-order valence-electron chi connectivity index (χ4n) is 1.68. The number of hydrogen-bond acceptors (Lipinski definition) is 4. The van der Waals surface area contributed by atoms with Crippen molar-refractivity contribution >= 4 is 5.97 Å². The molecule has 0 bridgehead atoms. The van der Waals surface area contributed by atoms with Crippen LogP contribution in [0.1, 0.15) is 30.0 Å². The van der Waals surface area contributed by atoms with Gasteiger partial charge in [0, 0.05) is 13.1 Å². The summed E-state index contributed by atoms with van der Waals surface area (Å²) >= 11 is 0. The number of likely N-dealkylation sites (N-methyl/N-ethyl adjacent to an activating group) is 1. The fourth-order valence-corrected chi connectivity index (χ4v) is 1.68. The third-order valence-electron chi connectivity index (χ3n) is 2.11. The minimum atomic E-state index is -1.03. The van der Waals surface area contributed by atoms with Crippen LogP contribution in [0.4, 0.5) is 0 Å². The fraction of sp³-hybridized carbons (Fsp3) is 0.500. The average molecular weight is 238 g/mol. The van der Waals surface area contributed by atoms with Gasteiger partial charge in [0.1, 0.15) is 5.69 Å². The molecule has 0 amide bonds. The number of carbonyl (C=O) groups is 1. The molecule has 0 radical (unpaired) electrons. The van der Waals surface area contributed by atoms with Crippen LogP contribution in [-0.2, 0) is 6.54 Å². The molecule has 0 fully saturated rings. The smallest absolute Gasteiger partial charge is 0.354 e. The highest BCUT2D eigenvalue weighted by atomic mass is 16.4. The molecule has 2 N–H and O–H groups in total. The highest BCUT2D eigenvalue weighted by Gasteiger charge is 2.16. The molecule has 94 valence electrons. The van der Waals surface area contributed by atoms with E-state index in [1.165, 1.54) is 6.07 Å². The van der Waals surface area contributed by atoms with Crippen LogP contribution in [0.5, 0.6) is 0 Å². The van der Waals surface area contributed by atoms with E-state index in [0.29, 0.717) is 18.8 Å². The third-order valence-corrected chi connectivity index (χ3v) is 2.11. The molecule has 0 aliphatic carbocycles. The van der Waals surface area contributed by atoms with Crippen LogP contribution in [0.15, 0.2) is 18.2 Å². The normalized spacial score (nSPS) is 11.8. The number of aromatic carboxylic acids is 1. The summed E-state index contributed by atoms with van der Waals surface area (Å²) in [6, 6.07) is 4.90. The first-order valence-corrected chi connectivity index (χ1v) is 5.38. The molecular formula is C12H18N2O3. The Hall–Kier alpha value is -1.46. The standard InChI is InChI=1S/C12H18N2O3/c1-12(2,17)8-14(3)7-9-5-4-6-10(13-9)11(15)16/h4-6,17H,7-8H2,1-3H3,(H,15,16). The summed E-state index contributed by atoms with van der Waals surface area (Å²) < 4.78 is 0. The second kappa shape index (κ2) is 5.25. The molecule has 5 heteroatoms. The maximum atomic E-state index is 10.8. The number of aromatic nitrogens is 1. The van der Waals surface area contributed by atoms with Gasteiger partial charge in [0.25, 0.3) is 0 Å². The molecule has 1 aromatic rings. The summed E-state index contributed by atoms with van der Waals surface area (Å²) in [5.74, 6) is -1.03. The van der Waals surface area contributed by atoms with Crippen LogP contribution in [0, 0.1) is 0 Å². The number of carboxylic acid groups (broad SMARTS) is 1. The van der Waals surface area contributed by atoms with Gasteiger partial charge in [-0.3, -0.25) is 4.90 Å². The van der Waals surface area contributed by atoms with Crippen molar-refractivity contribution in [1.82, 2.24) is 9.88 Å². The van der Waals surface area contributed by atoms with Crippen molar-refractivity contribution in [2.45, 2.75) is 26.0 Å². The van der Waals surface area contributed by atoms with Crippen LogP contribution < -0.4 is 0 Å². The van der Waals surface area contributed by atoms with Gasteiger partial charge in [0.2, 0.25) is 0 Å². The lowest BCUT2D eigenvalue weighted by atomic mass is 10.1. The highest BCUT2D eigenvalue weighted by molar-refractivity contribution is 5.85. The second-order valence-corrected chi connectivity index (χ2v) is 4.80. The van der Waals surface area contributed by atoms with Crippen molar-refractivity contribution in [3.63, 3.8) is 0 Å². The Labute approximate surface area is 101 Å². The maximum Gasteiger partial charge on any atom is 0.354 e. The number of carboxylic acids is 1. The zero-order chi connectivity index (χ0) is 13.1. The van der Waals surface area contributed by atoms with E-state index in [2.05, 4.69) is 4.98 Å². The van der Waals surface area contributed by atoms with E-state index in [0.717, 1.165) is 0 Å². The van der Waals surface area contributed by atoms with Crippen LogP contribution in [-0.4, -0.2) is 45.3 Å². The molecule has 17 heavy (non-hydrogen) atoms. The summed E-state index contributed by atoms with van der Waals surface area (Å²) in [4.78, 5) is 16.7. The Kier molecular flexibility index (Phi) is 4.20. The molecular weight excluding hydrogens is 220 g/mol. The summed E-state index contributed by atoms with van der Waals surface area (Å²) in [5, 5.41) is 18.5. The quantitative estimate of drug-likeness (QED) is 0.800. The van der Waals surface area contributed by atoms with E-state index in [-0.39, 0.29) is 5.69 Å². The summed E-state index contributed by atoms with van der Waals surface area (Å²) in [7, 11) is 1.85. The number of hydrogen-bond donors (Lipinski definition) is 2. The molecule has 5 nitrogen and oxygen atoms in total. The second-order valence-electron chi connectivity index (χ2n) is 4.80. The number of nitrogens with zero attached hydrogens (tertiary/aromatic N) is 2. The minimum Gasteiger partial charge on any atom is -0.477 e. The molecule has 0 unspecified atom stereocenters. The van der Waals surface area contributed by atoms with Crippen LogP contribution in [0.25, 0.3) is 0 Å². The van der Waals surface area contributed by atoms with Gasteiger partial charge in [-0.15, -0.1) is 0 Å². The van der Waals surface area contributed by atoms with Crippen molar-refractivity contribution in [2.75, 3.05) is 13.6 Å². The maximum absolute atomic E-state index is 10.8. The average Bonchev–Trinajstić information content (AvgIpc) is 2.14. The van der Waals surface area contributed by atoms with E-state index in [9.17, 15) is 9.90 Å². The summed E-state index contributed by atoms with van der Waals surface area (Å²) in [6.07, 6.45) is 0. The number of pyridine rings is 1. The molecule has 0 atom stereocenters. The zero-order valence-corrected chi connectivity index (χ0v) is 10.3. The topological polar surface area (TPSA) is 73.7 Å². The number of aliphatic hydroxyl groups is 1. The van der Waals surface area contributed by atoms with Gasteiger partial charge < -0.3 is 10.2 Å². The Morgan fingerprint density at radius 3 is 2.65 bits per heavy atom. The van der Waals surface area contributed by atoms with Gasteiger partial charge >= 0.3 is 5.97 Å². The lowest BCUT2D eigenvalue weighted by Crippen LogP contribution is -2.36. The number of rotatable bonds is 5. The van der Waals surface area contributed by atoms with Gasteiger partial charge in [-0.1, -0.05) is 6.07 Å². The Morgan fingerprint density at radius 1 is 1.47 bits per heavy atom. The van der Waals surface area contributed by atoms with Gasteiger partial charge in [-0.25, -0.2) is 9.78 Å². The van der Waals surface area contributed by atoms with E-state index < -0.39 is 11.6 Å². The van der Waals surface area contributed by atoms with Crippen molar-refractivity contribution < 1.29 is 15.0 Å². The molecule has 1 aromatic heterocycles. The summed E-state index contributed by atoms with van der Waals surface area (Å²) in [5.41, 5.74) is -0.0603. The van der Waals surface area contributed by atoms with Gasteiger partial charge in [-0.2, -0.15) is 0 Å². The van der Waals surface area contributed by atoms with Crippen molar-refractivity contribution in [2.24, 2.45) is 0 Å². The van der Waals surface area contributed by atoms with Crippen molar-refractivity contribution in [1.29, 1.82) is 0 Å². The molecule has 0 aromatic carbocycles. The third kappa shape index (κ3) is 4.93. The molecule has 0 spiro atoms. The first-order valence-electron chi connectivity index (χ1n) is 5.38. The Morgan fingerprint density at radius 2 is 2.12 bits per heavy atom. The lowest BCUT2D eigenvalue weighted by molar-refractivity contribution is 0.0420. The van der Waals surface area contributed by atoms with Gasteiger partial charge in [-0.05, 0) is 33.0 Å². The molecule has 0 saturated heterocycles. The molecule has 0 aliphatic rings. The van der Waals surface area contributed by atoms with Crippen LogP contribution >= 0.6 is 0 Å². The largest absolute Gasteiger partial charge is 0.477 e. The molecule has 0 aliphatic heterocycles. The van der Waals surface area contributed by atoms with Crippen LogP contribution in [0.3, 0.4) is 0 Å². The highest BCUT2D eigenvalue weighted by Crippen LogP contribution is 2.07. The molecule has 1 heterocycles. The monoisotopic (exact) mass is 238 g/mol. The van der Waals surface area contributed by atoms with Gasteiger partial charge in [0.15, 0.2) is 0 Å². The van der Waals surface area contributed by atoms with E-state index in [1.54, 1.807) is 26.0 Å². The first-order chi connectivity index (χ1) is 7.78. The SMILES string of the molecule is CN(Cc1cccc(C(=O)O)n1)CC(C)(C)O. The predicted molar refractivity (Wildman–Crippen MR) is 63.8 cm³/mol. The predicted octanol–water partition coefficient (Wildman–Crippen LogP) is 0.982. The van der Waals surface area contributed by atoms with Crippen LogP contribution in [0.2, 0.25) is 0 Å². The Bertz CT molecular complexity index is 399. The summed E-state index contributed by atoms with van der Waals surface area (Å²) in [6.45, 7) is 4.45. The molecule has 0 saturated carbocycles. The van der Waals surface area contributed by atoms with E-state index in [1.807, 2.05) is 11.9 Å². The van der Waals surface area contributed by atoms with Gasteiger partial charge in [0.05, 0.1) is 11.3 Å². The zero-order valence-electron chi connectivity index (χ0n) is 10.3. The van der Waals surface area contributed by atoms with E-state index in [4.69, 9.17) is 5.11 Å². The first kappa shape index (κ1) is 13.6. The Balaban J connectivity index is 2.68.